The molecule has 17 heavy (non-hydrogen) atoms. The van der Waals surface area contributed by atoms with Gasteiger partial charge in [0.2, 0.25) is 0 Å². The van der Waals surface area contributed by atoms with Gasteiger partial charge in [-0.3, -0.25) is 10.1 Å². The van der Waals surface area contributed by atoms with Crippen LogP contribution >= 0.6 is 0 Å². The van der Waals surface area contributed by atoms with Crippen molar-refractivity contribution in [2.45, 2.75) is 0 Å². The van der Waals surface area contributed by atoms with Gasteiger partial charge in [0.25, 0.3) is 0 Å². The Morgan fingerprint density at radius 1 is 1.53 bits per heavy atom. The summed E-state index contributed by atoms with van der Waals surface area (Å²) in [5, 5.41) is 10.8. The third-order valence-corrected chi connectivity index (χ3v) is 2.31. The molecule has 0 saturated carbocycles. The van der Waals surface area contributed by atoms with E-state index in [1.807, 2.05) is 0 Å². The maximum atomic E-state index is 11.5. The van der Waals surface area contributed by atoms with Crippen LogP contribution in [0, 0.1) is 10.1 Å². The molecule has 8 nitrogen and oxygen atoms in total. The van der Waals surface area contributed by atoms with Crippen LogP contribution in [0.3, 0.4) is 0 Å². The van der Waals surface area contributed by atoms with Gasteiger partial charge >= 0.3 is 11.7 Å². The van der Waals surface area contributed by atoms with Gasteiger partial charge in [-0.25, -0.2) is 14.8 Å². The van der Waals surface area contributed by atoms with Crippen LogP contribution in [-0.4, -0.2) is 32.5 Å². The Balaban J connectivity index is 2.82. The van der Waals surface area contributed by atoms with Crippen molar-refractivity contribution in [2.75, 3.05) is 7.11 Å². The Morgan fingerprint density at radius 2 is 2.24 bits per heavy atom. The lowest BCUT2D eigenvalue weighted by Gasteiger charge is -2.01. The standard InChI is InChI=1S/C9H8N4O4/c1-12-3-5(13(15)16)6-8(12)7(9(14)17-2)11-4-10-6/h3-4H,1-2H3. The van der Waals surface area contributed by atoms with E-state index in [4.69, 9.17) is 0 Å². The average molecular weight is 236 g/mol. The third-order valence-electron chi connectivity index (χ3n) is 2.31. The normalized spacial score (nSPS) is 10.5. The van der Waals surface area contributed by atoms with Crippen LogP contribution in [-0.2, 0) is 11.8 Å². The molecule has 0 fully saturated rings. The van der Waals surface area contributed by atoms with Crippen molar-refractivity contribution < 1.29 is 14.5 Å². The molecule has 0 saturated heterocycles. The fourth-order valence-corrected chi connectivity index (χ4v) is 1.59. The maximum Gasteiger partial charge on any atom is 0.358 e. The van der Waals surface area contributed by atoms with Crippen LogP contribution in [0.2, 0.25) is 0 Å². The van der Waals surface area contributed by atoms with Crippen molar-refractivity contribution in [3.63, 3.8) is 0 Å². The molecule has 8 heteroatoms. The summed E-state index contributed by atoms with van der Waals surface area (Å²) in [6.45, 7) is 0. The first-order chi connectivity index (χ1) is 8.06. The fourth-order valence-electron chi connectivity index (χ4n) is 1.59. The lowest BCUT2D eigenvalue weighted by atomic mass is 10.3. The van der Waals surface area contributed by atoms with Crippen molar-refractivity contribution in [2.24, 2.45) is 7.05 Å². The molecule has 0 aromatic carbocycles. The van der Waals surface area contributed by atoms with Gasteiger partial charge < -0.3 is 9.30 Å². The quantitative estimate of drug-likeness (QED) is 0.431. The molecule has 0 aliphatic rings. The van der Waals surface area contributed by atoms with Gasteiger partial charge in [-0.2, -0.15) is 0 Å². The van der Waals surface area contributed by atoms with E-state index in [0.717, 1.165) is 6.33 Å². The molecular formula is C9H8N4O4. The summed E-state index contributed by atoms with van der Waals surface area (Å²) < 4.78 is 5.99. The molecule has 2 heterocycles. The molecule has 0 N–H and O–H groups in total. The maximum absolute atomic E-state index is 11.5. The molecule has 0 bridgehead atoms. The van der Waals surface area contributed by atoms with E-state index >= 15 is 0 Å². The Labute approximate surface area is 95.0 Å². The molecule has 0 atom stereocenters. The van der Waals surface area contributed by atoms with Crippen LogP contribution in [0.15, 0.2) is 12.5 Å². The van der Waals surface area contributed by atoms with Gasteiger partial charge in [-0.05, 0) is 0 Å². The van der Waals surface area contributed by atoms with Crippen LogP contribution in [0.25, 0.3) is 11.0 Å². The first-order valence-corrected chi connectivity index (χ1v) is 4.59. The summed E-state index contributed by atoms with van der Waals surface area (Å²) in [6.07, 6.45) is 2.38. The Hall–Kier alpha value is -2.51. The van der Waals surface area contributed by atoms with E-state index in [-0.39, 0.29) is 22.4 Å². The van der Waals surface area contributed by atoms with Crippen LogP contribution in [0.4, 0.5) is 5.69 Å². The lowest BCUT2D eigenvalue weighted by Crippen LogP contribution is -2.07. The highest BCUT2D eigenvalue weighted by atomic mass is 16.6. The van der Waals surface area contributed by atoms with E-state index in [1.54, 1.807) is 7.05 Å². The first-order valence-electron chi connectivity index (χ1n) is 4.59. The van der Waals surface area contributed by atoms with Crippen molar-refractivity contribution in [3.05, 3.63) is 28.3 Å². The van der Waals surface area contributed by atoms with E-state index < -0.39 is 10.9 Å². The number of hydrogen-bond donors (Lipinski definition) is 0. The van der Waals surface area contributed by atoms with Gasteiger partial charge in [0.1, 0.15) is 11.8 Å². The minimum atomic E-state index is -0.659. The van der Waals surface area contributed by atoms with Gasteiger partial charge in [0, 0.05) is 7.05 Å². The van der Waals surface area contributed by atoms with Crippen LogP contribution in [0.5, 0.6) is 0 Å². The van der Waals surface area contributed by atoms with Gasteiger partial charge in [0.05, 0.1) is 18.2 Å². The zero-order chi connectivity index (χ0) is 12.6. The van der Waals surface area contributed by atoms with Crippen molar-refractivity contribution in [1.29, 1.82) is 0 Å². The number of ether oxygens (including phenoxy) is 1. The van der Waals surface area contributed by atoms with Crippen molar-refractivity contribution in [1.82, 2.24) is 14.5 Å². The average Bonchev–Trinajstić information content (AvgIpc) is 2.66. The second kappa shape index (κ2) is 3.81. The Bertz CT molecular complexity index is 619. The molecular weight excluding hydrogens is 228 g/mol. The topological polar surface area (TPSA) is 100 Å². The predicted molar refractivity (Wildman–Crippen MR) is 56.5 cm³/mol. The van der Waals surface area contributed by atoms with Gasteiger partial charge in [-0.15, -0.1) is 0 Å². The van der Waals surface area contributed by atoms with Crippen molar-refractivity contribution in [3.8, 4) is 0 Å². The monoisotopic (exact) mass is 236 g/mol. The molecule has 0 aliphatic heterocycles. The number of nitro groups is 1. The third kappa shape index (κ3) is 1.59. The number of carbonyl (C=O) groups is 1. The minimum absolute atomic E-state index is 0.00750. The van der Waals surface area contributed by atoms with Crippen molar-refractivity contribution >= 4 is 22.7 Å². The summed E-state index contributed by atoms with van der Waals surface area (Å²) >= 11 is 0. The van der Waals surface area contributed by atoms with Crippen LogP contribution in [0.1, 0.15) is 10.5 Å². The molecule has 2 rings (SSSR count). The van der Waals surface area contributed by atoms with Gasteiger partial charge in [-0.1, -0.05) is 0 Å². The SMILES string of the molecule is COC(=O)c1ncnc2c([N+](=O)[O-])cn(C)c12. The highest BCUT2D eigenvalue weighted by Crippen LogP contribution is 2.26. The summed E-state index contributed by atoms with van der Waals surface area (Å²) in [7, 11) is 2.79. The zero-order valence-electron chi connectivity index (χ0n) is 9.08. The number of nitrogens with zero attached hydrogens (tertiary/aromatic N) is 4. The highest BCUT2D eigenvalue weighted by Gasteiger charge is 2.23. The van der Waals surface area contributed by atoms with E-state index in [1.165, 1.54) is 17.9 Å². The van der Waals surface area contributed by atoms with Gasteiger partial charge in [0.15, 0.2) is 11.2 Å². The second-order valence-electron chi connectivity index (χ2n) is 3.29. The summed E-state index contributed by atoms with van der Waals surface area (Å²) in [5.74, 6) is -0.659. The molecule has 2 aromatic heterocycles. The fraction of sp³-hybridized carbons (Fsp3) is 0.222. The summed E-state index contributed by atoms with van der Waals surface area (Å²) in [5.41, 5.74) is 0.238. The molecule has 88 valence electrons. The zero-order valence-corrected chi connectivity index (χ0v) is 9.08. The number of fused-ring (bicyclic) bond motifs is 1. The number of aryl methyl sites for hydroxylation is 1. The summed E-state index contributed by atoms with van der Waals surface area (Å²) in [4.78, 5) is 29.3. The predicted octanol–water partition coefficient (Wildman–Crippen LogP) is 0.663. The van der Waals surface area contributed by atoms with Crippen LogP contribution < -0.4 is 0 Å². The number of hydrogen-bond acceptors (Lipinski definition) is 6. The molecule has 0 radical (unpaired) electrons. The number of aromatic nitrogens is 3. The number of methoxy groups -OCH3 is 1. The Kier molecular flexibility index (Phi) is 2.47. The lowest BCUT2D eigenvalue weighted by molar-refractivity contribution is -0.383. The molecule has 0 amide bonds. The number of esters is 1. The summed E-state index contributed by atoms with van der Waals surface area (Å²) in [6, 6.07) is 0. The highest BCUT2D eigenvalue weighted by molar-refractivity contribution is 6.02. The van der Waals surface area contributed by atoms with E-state index in [2.05, 4.69) is 14.7 Å². The molecule has 0 aliphatic carbocycles. The largest absolute Gasteiger partial charge is 0.464 e. The molecule has 2 aromatic rings. The first kappa shape index (κ1) is 11.0. The second-order valence-corrected chi connectivity index (χ2v) is 3.29. The smallest absolute Gasteiger partial charge is 0.358 e. The minimum Gasteiger partial charge on any atom is -0.464 e. The molecule has 0 unspecified atom stereocenters. The Morgan fingerprint density at radius 3 is 2.82 bits per heavy atom. The van der Waals surface area contributed by atoms with E-state index in [9.17, 15) is 14.9 Å². The van der Waals surface area contributed by atoms with E-state index in [0.29, 0.717) is 0 Å². The number of carbonyl (C=O) groups excluding carboxylic acids is 1. The molecule has 0 spiro atoms. The number of rotatable bonds is 2.